The maximum absolute atomic E-state index is 13.3. The highest BCUT2D eigenvalue weighted by molar-refractivity contribution is 5.89. The lowest BCUT2D eigenvalue weighted by atomic mass is 9.96. The predicted octanol–water partition coefficient (Wildman–Crippen LogP) is 3.89. The van der Waals surface area contributed by atoms with Crippen LogP contribution in [0, 0.1) is 5.82 Å². The molecule has 1 aliphatic heterocycles. The number of rotatable bonds is 3. The molecule has 142 valence electrons. The van der Waals surface area contributed by atoms with Gasteiger partial charge in [-0.05, 0) is 44.9 Å². The van der Waals surface area contributed by atoms with Crippen LogP contribution in [0.1, 0.15) is 44.5 Å². The third-order valence-electron chi connectivity index (χ3n) is 5.01. The Labute approximate surface area is 156 Å². The number of piperidine rings is 1. The highest BCUT2D eigenvalue weighted by Crippen LogP contribution is 2.28. The molecule has 27 heavy (non-hydrogen) atoms. The number of nitrogens with one attached hydrogen (secondary N) is 2. The minimum absolute atomic E-state index is 0.108. The molecule has 0 saturated carbocycles. The summed E-state index contributed by atoms with van der Waals surface area (Å²) in [4.78, 5) is 22.1. The Morgan fingerprint density at radius 2 is 2.11 bits per heavy atom. The predicted molar refractivity (Wildman–Crippen MR) is 101 cm³/mol. The molecule has 8 heteroatoms. The van der Waals surface area contributed by atoms with Gasteiger partial charge in [-0.3, -0.25) is 4.68 Å². The summed E-state index contributed by atoms with van der Waals surface area (Å²) in [6.45, 7) is 5.38. The van der Waals surface area contributed by atoms with E-state index in [0.717, 1.165) is 24.2 Å². The monoisotopic (exact) mass is 370 g/mol. The van der Waals surface area contributed by atoms with Gasteiger partial charge in [-0.2, -0.15) is 5.10 Å². The summed E-state index contributed by atoms with van der Waals surface area (Å²) in [5.41, 5.74) is 2.19. The number of carbonyl (C=O) groups is 1. The highest BCUT2D eigenvalue weighted by atomic mass is 19.1. The fraction of sp³-hybridized carbons (Fsp3) is 0.421. The molecule has 0 radical (unpaired) electrons. The maximum Gasteiger partial charge on any atom is 0.321 e. The number of H-pyrrole nitrogens is 1. The minimum atomic E-state index is -0.273. The number of hydrogen-bond acceptors (Lipinski definition) is 3. The van der Waals surface area contributed by atoms with E-state index >= 15 is 0 Å². The van der Waals surface area contributed by atoms with Crippen molar-refractivity contribution < 1.29 is 9.18 Å². The van der Waals surface area contributed by atoms with Gasteiger partial charge in [0.25, 0.3) is 0 Å². The Balaban J connectivity index is 1.36. The van der Waals surface area contributed by atoms with Gasteiger partial charge < -0.3 is 15.2 Å². The zero-order valence-corrected chi connectivity index (χ0v) is 15.4. The van der Waals surface area contributed by atoms with Gasteiger partial charge in [0, 0.05) is 31.2 Å². The molecule has 3 heterocycles. The molecule has 2 aromatic heterocycles. The van der Waals surface area contributed by atoms with E-state index in [1.165, 1.54) is 12.1 Å². The number of hydrogen-bond donors (Lipinski definition) is 2. The number of fused-ring (bicyclic) bond motifs is 1. The zero-order valence-electron chi connectivity index (χ0n) is 15.4. The van der Waals surface area contributed by atoms with Gasteiger partial charge in [0.1, 0.15) is 11.6 Å². The number of carbonyl (C=O) groups excluding carboxylic acids is 1. The third-order valence-corrected chi connectivity index (χ3v) is 5.01. The number of urea groups is 1. The Bertz CT molecular complexity index is 954. The van der Waals surface area contributed by atoms with Crippen molar-refractivity contribution in [3.63, 3.8) is 0 Å². The topological polar surface area (TPSA) is 78.8 Å². The number of aromatic nitrogens is 4. The lowest BCUT2D eigenvalue weighted by molar-refractivity contribution is 0.193. The number of halogens is 1. The van der Waals surface area contributed by atoms with Gasteiger partial charge in [-0.15, -0.1) is 0 Å². The molecule has 4 rings (SSSR count). The zero-order chi connectivity index (χ0) is 19.0. The molecular formula is C19H23FN6O. The van der Waals surface area contributed by atoms with Crippen LogP contribution in [-0.4, -0.2) is 43.8 Å². The van der Waals surface area contributed by atoms with Crippen molar-refractivity contribution in [1.29, 1.82) is 0 Å². The largest absolute Gasteiger partial charge is 0.342 e. The van der Waals surface area contributed by atoms with Gasteiger partial charge in [-0.25, -0.2) is 14.2 Å². The second kappa shape index (κ2) is 7.02. The van der Waals surface area contributed by atoms with E-state index in [-0.39, 0.29) is 23.8 Å². The molecule has 2 N–H and O–H groups in total. The number of likely N-dealkylation sites (tertiary alicyclic amines) is 1. The third kappa shape index (κ3) is 3.65. The van der Waals surface area contributed by atoms with Gasteiger partial charge in [0.2, 0.25) is 0 Å². The first kappa shape index (κ1) is 17.5. The second-order valence-corrected chi connectivity index (χ2v) is 7.28. The summed E-state index contributed by atoms with van der Waals surface area (Å²) in [6.07, 6.45) is 5.14. The molecule has 1 aliphatic rings. The molecule has 7 nitrogen and oxygen atoms in total. The van der Waals surface area contributed by atoms with E-state index in [2.05, 4.69) is 20.4 Å². The number of imidazole rings is 1. The molecule has 1 fully saturated rings. The van der Waals surface area contributed by atoms with Crippen LogP contribution in [0.15, 0.2) is 30.6 Å². The molecule has 0 atom stereocenters. The van der Waals surface area contributed by atoms with E-state index in [1.54, 1.807) is 12.3 Å². The van der Waals surface area contributed by atoms with Crippen LogP contribution in [0.25, 0.3) is 11.0 Å². The van der Waals surface area contributed by atoms with Crippen molar-refractivity contribution in [2.45, 2.75) is 38.6 Å². The number of anilines is 1. The van der Waals surface area contributed by atoms with Crippen LogP contribution in [0.5, 0.6) is 0 Å². The first-order valence-corrected chi connectivity index (χ1v) is 9.25. The molecule has 3 aromatic rings. The molecule has 0 unspecified atom stereocenters. The van der Waals surface area contributed by atoms with Gasteiger partial charge in [0.05, 0.1) is 22.9 Å². The van der Waals surface area contributed by atoms with E-state index in [0.29, 0.717) is 24.3 Å². The molecule has 0 spiro atoms. The summed E-state index contributed by atoms with van der Waals surface area (Å²) in [6, 6.07) is 4.71. The summed E-state index contributed by atoms with van der Waals surface area (Å²) in [7, 11) is 0. The fourth-order valence-electron chi connectivity index (χ4n) is 3.44. The number of aromatic amines is 1. The van der Waals surface area contributed by atoms with Crippen molar-refractivity contribution in [3.05, 3.63) is 42.2 Å². The maximum atomic E-state index is 13.3. The number of nitrogens with zero attached hydrogens (tertiary/aromatic N) is 4. The fourth-order valence-corrected chi connectivity index (χ4v) is 3.44. The summed E-state index contributed by atoms with van der Waals surface area (Å²) >= 11 is 0. The molecular weight excluding hydrogens is 347 g/mol. The van der Waals surface area contributed by atoms with Crippen molar-refractivity contribution in [2.24, 2.45) is 0 Å². The van der Waals surface area contributed by atoms with Crippen LogP contribution in [0.3, 0.4) is 0 Å². The number of amides is 2. The van der Waals surface area contributed by atoms with Gasteiger partial charge >= 0.3 is 6.03 Å². The van der Waals surface area contributed by atoms with Crippen molar-refractivity contribution in [2.75, 3.05) is 18.4 Å². The van der Waals surface area contributed by atoms with Crippen LogP contribution in [0.4, 0.5) is 14.9 Å². The van der Waals surface area contributed by atoms with Crippen LogP contribution in [0.2, 0.25) is 0 Å². The van der Waals surface area contributed by atoms with Crippen LogP contribution in [-0.2, 0) is 0 Å². The number of benzene rings is 1. The summed E-state index contributed by atoms with van der Waals surface area (Å²) < 4.78 is 15.2. The Morgan fingerprint density at radius 3 is 2.81 bits per heavy atom. The van der Waals surface area contributed by atoms with Gasteiger partial charge in [0.15, 0.2) is 0 Å². The molecule has 0 aliphatic carbocycles. The van der Waals surface area contributed by atoms with Crippen molar-refractivity contribution >= 4 is 22.8 Å². The second-order valence-electron chi connectivity index (χ2n) is 7.28. The standard InChI is InChI=1S/C19H23FN6O/c1-12(2)26-11-15(10-21-26)22-19(27)25-7-5-13(6-8-25)18-23-16-4-3-14(20)9-17(16)24-18/h3-4,9-13H,5-8H2,1-2H3,(H,22,27)(H,23,24). The van der Waals surface area contributed by atoms with E-state index < -0.39 is 0 Å². The summed E-state index contributed by atoms with van der Waals surface area (Å²) in [5.74, 6) is 0.840. The Morgan fingerprint density at radius 1 is 1.33 bits per heavy atom. The first-order chi connectivity index (χ1) is 13.0. The molecule has 0 bridgehead atoms. The Hall–Kier alpha value is -2.90. The SMILES string of the molecule is CC(C)n1cc(NC(=O)N2CCC(c3nc4ccc(F)cc4[nH]3)CC2)cn1. The minimum Gasteiger partial charge on any atom is -0.342 e. The molecule has 2 amide bonds. The average Bonchev–Trinajstić information content (AvgIpc) is 3.28. The van der Waals surface area contributed by atoms with Gasteiger partial charge in [-0.1, -0.05) is 0 Å². The van der Waals surface area contributed by atoms with Crippen molar-refractivity contribution in [3.8, 4) is 0 Å². The van der Waals surface area contributed by atoms with Crippen LogP contribution >= 0.6 is 0 Å². The molecule has 1 aromatic carbocycles. The van der Waals surface area contributed by atoms with Crippen molar-refractivity contribution in [1.82, 2.24) is 24.6 Å². The van der Waals surface area contributed by atoms with E-state index in [4.69, 9.17) is 0 Å². The molecule has 1 saturated heterocycles. The normalized spacial score (nSPS) is 15.6. The lowest BCUT2D eigenvalue weighted by Gasteiger charge is -2.31. The average molecular weight is 370 g/mol. The smallest absolute Gasteiger partial charge is 0.321 e. The van der Waals surface area contributed by atoms with Crippen LogP contribution < -0.4 is 5.32 Å². The van der Waals surface area contributed by atoms with E-state index in [9.17, 15) is 9.18 Å². The summed E-state index contributed by atoms with van der Waals surface area (Å²) in [5, 5.41) is 7.14. The lowest BCUT2D eigenvalue weighted by Crippen LogP contribution is -2.40. The van der Waals surface area contributed by atoms with E-state index in [1.807, 2.05) is 29.6 Å². The highest BCUT2D eigenvalue weighted by Gasteiger charge is 2.26. The first-order valence-electron chi connectivity index (χ1n) is 9.25. The Kier molecular flexibility index (Phi) is 4.55. The quantitative estimate of drug-likeness (QED) is 0.734.